The molecule has 78 valence electrons. The number of methoxy groups -OCH3 is 1. The van der Waals surface area contributed by atoms with Crippen molar-refractivity contribution < 1.29 is 19.1 Å². The molecule has 0 N–H and O–H groups in total. The van der Waals surface area contributed by atoms with Crippen LogP contribution in [0.25, 0.3) is 0 Å². The van der Waals surface area contributed by atoms with Crippen molar-refractivity contribution in [1.29, 1.82) is 0 Å². The van der Waals surface area contributed by atoms with Crippen molar-refractivity contribution >= 4 is 34.5 Å². The van der Waals surface area contributed by atoms with Gasteiger partial charge in [0, 0.05) is 3.92 Å². The number of hydrogen-bond acceptors (Lipinski definition) is 4. The Hall–Kier alpha value is -0.330. The molecule has 4 atom stereocenters. The minimum absolute atomic E-state index is 0.00834. The lowest BCUT2D eigenvalue weighted by Crippen LogP contribution is -2.35. The molecule has 0 aromatic carbocycles. The smallest absolute Gasteiger partial charge is 0.310 e. The first-order chi connectivity index (χ1) is 6.63. The molecule has 1 saturated heterocycles. The van der Waals surface area contributed by atoms with Crippen LogP contribution in [0.5, 0.6) is 0 Å². The summed E-state index contributed by atoms with van der Waals surface area (Å²) in [5, 5.41) is 0. The molecule has 0 aromatic heterocycles. The van der Waals surface area contributed by atoms with Gasteiger partial charge in [0.25, 0.3) is 0 Å². The molecule has 1 saturated carbocycles. The van der Waals surface area contributed by atoms with E-state index in [9.17, 15) is 9.59 Å². The van der Waals surface area contributed by atoms with E-state index in [1.807, 2.05) is 0 Å². The minimum Gasteiger partial charge on any atom is -0.469 e. The maximum atomic E-state index is 11.4. The molecule has 14 heavy (non-hydrogen) atoms. The summed E-state index contributed by atoms with van der Waals surface area (Å²) < 4.78 is 10.1. The zero-order valence-electron chi connectivity index (χ0n) is 7.73. The van der Waals surface area contributed by atoms with E-state index in [1.165, 1.54) is 7.11 Å². The molecule has 2 aliphatic rings. The number of rotatable bonds is 1. The Labute approximate surface area is 95.5 Å². The standard InChI is InChI=1S/C9H11IO4/c1-13-8(11)4-2-6(10)7-3-5(4)9(12)14-7/h4-7H,2-3H2,1H3/t4-,5+,6-,7-/m1/s1. The van der Waals surface area contributed by atoms with Gasteiger partial charge in [-0.05, 0) is 12.8 Å². The van der Waals surface area contributed by atoms with Crippen molar-refractivity contribution in [2.45, 2.75) is 22.9 Å². The number of hydrogen-bond donors (Lipinski definition) is 0. The van der Waals surface area contributed by atoms with Crippen molar-refractivity contribution in [2.24, 2.45) is 11.8 Å². The average molecular weight is 310 g/mol. The topological polar surface area (TPSA) is 52.6 Å². The molecule has 0 radical (unpaired) electrons. The van der Waals surface area contributed by atoms with Crippen LogP contribution in [-0.2, 0) is 19.1 Å². The summed E-state index contributed by atoms with van der Waals surface area (Å²) in [4.78, 5) is 22.8. The van der Waals surface area contributed by atoms with Crippen LogP contribution >= 0.6 is 22.6 Å². The number of carbonyl (C=O) groups excluding carboxylic acids is 2. The van der Waals surface area contributed by atoms with E-state index in [0.717, 1.165) is 0 Å². The minimum atomic E-state index is -0.298. The quantitative estimate of drug-likeness (QED) is 0.410. The van der Waals surface area contributed by atoms with Crippen LogP contribution in [0.3, 0.4) is 0 Å². The van der Waals surface area contributed by atoms with E-state index in [2.05, 4.69) is 27.3 Å². The van der Waals surface area contributed by atoms with Crippen molar-refractivity contribution in [3.05, 3.63) is 0 Å². The molecular formula is C9H11IO4. The molecule has 1 aliphatic carbocycles. The molecule has 4 nitrogen and oxygen atoms in total. The summed E-state index contributed by atoms with van der Waals surface area (Å²) in [6.07, 6.45) is 1.37. The first-order valence-electron chi connectivity index (χ1n) is 4.56. The Bertz CT molecular complexity index is 278. The van der Waals surface area contributed by atoms with Gasteiger partial charge in [-0.15, -0.1) is 0 Å². The highest BCUT2D eigenvalue weighted by Crippen LogP contribution is 2.42. The second-order valence-electron chi connectivity index (χ2n) is 3.70. The highest BCUT2D eigenvalue weighted by atomic mass is 127. The molecule has 0 unspecified atom stereocenters. The predicted octanol–water partition coefficient (Wildman–Crippen LogP) is 0.915. The monoisotopic (exact) mass is 310 g/mol. The molecule has 1 aliphatic heterocycles. The van der Waals surface area contributed by atoms with Crippen LogP contribution in [-0.4, -0.2) is 29.1 Å². The second kappa shape index (κ2) is 3.67. The number of esters is 2. The maximum Gasteiger partial charge on any atom is 0.310 e. The van der Waals surface area contributed by atoms with Crippen LogP contribution in [0, 0.1) is 11.8 Å². The summed E-state index contributed by atoms with van der Waals surface area (Å²) in [6.45, 7) is 0. The molecular weight excluding hydrogens is 299 g/mol. The van der Waals surface area contributed by atoms with E-state index >= 15 is 0 Å². The van der Waals surface area contributed by atoms with Crippen LogP contribution in [0.15, 0.2) is 0 Å². The lowest BCUT2D eigenvalue weighted by molar-refractivity contribution is -0.153. The molecule has 0 spiro atoms. The van der Waals surface area contributed by atoms with E-state index in [4.69, 9.17) is 4.74 Å². The number of halogens is 1. The van der Waals surface area contributed by atoms with Gasteiger partial charge in [-0.2, -0.15) is 0 Å². The van der Waals surface area contributed by atoms with Gasteiger partial charge in [-0.1, -0.05) is 22.6 Å². The van der Waals surface area contributed by atoms with Crippen LogP contribution < -0.4 is 0 Å². The molecule has 2 rings (SSSR count). The zero-order chi connectivity index (χ0) is 10.3. The fourth-order valence-electron chi connectivity index (χ4n) is 2.15. The van der Waals surface area contributed by atoms with Crippen molar-refractivity contribution in [3.8, 4) is 0 Å². The predicted molar refractivity (Wildman–Crippen MR) is 55.9 cm³/mol. The first-order valence-corrected chi connectivity index (χ1v) is 5.80. The van der Waals surface area contributed by atoms with Crippen LogP contribution in [0.4, 0.5) is 0 Å². The highest BCUT2D eigenvalue weighted by Gasteiger charge is 2.50. The van der Waals surface area contributed by atoms with Crippen LogP contribution in [0.1, 0.15) is 12.8 Å². The van der Waals surface area contributed by atoms with Gasteiger partial charge < -0.3 is 9.47 Å². The molecule has 2 fully saturated rings. The van der Waals surface area contributed by atoms with Crippen LogP contribution in [0.2, 0.25) is 0 Å². The largest absolute Gasteiger partial charge is 0.469 e. The summed E-state index contributed by atoms with van der Waals surface area (Å²) in [7, 11) is 1.36. The molecule has 1 heterocycles. The summed E-state index contributed by atoms with van der Waals surface area (Å²) in [6, 6.07) is 0. The lowest BCUT2D eigenvalue weighted by Gasteiger charge is -2.26. The van der Waals surface area contributed by atoms with Gasteiger partial charge in [0.2, 0.25) is 0 Å². The SMILES string of the molecule is COC(=O)[C@@H]1C[C@@H](I)[C@H]2C[C@@H]1C(=O)O2. The molecule has 0 aromatic rings. The molecule has 0 amide bonds. The van der Waals surface area contributed by atoms with E-state index in [1.54, 1.807) is 0 Å². The van der Waals surface area contributed by atoms with Gasteiger partial charge in [0.15, 0.2) is 0 Å². The third-order valence-corrected chi connectivity index (χ3v) is 4.24. The number of ether oxygens (including phenoxy) is 2. The van der Waals surface area contributed by atoms with E-state index < -0.39 is 0 Å². The van der Waals surface area contributed by atoms with Gasteiger partial charge in [-0.3, -0.25) is 9.59 Å². The van der Waals surface area contributed by atoms with Crippen molar-refractivity contribution in [2.75, 3.05) is 7.11 Å². The number of fused-ring (bicyclic) bond motifs is 2. The lowest BCUT2D eigenvalue weighted by atomic mass is 9.80. The Morgan fingerprint density at radius 2 is 2.29 bits per heavy atom. The molecule has 2 bridgehead atoms. The highest BCUT2D eigenvalue weighted by molar-refractivity contribution is 14.1. The van der Waals surface area contributed by atoms with Crippen molar-refractivity contribution in [1.82, 2.24) is 0 Å². The average Bonchev–Trinajstić information content (AvgIpc) is 2.50. The fourth-order valence-corrected chi connectivity index (χ4v) is 3.14. The third kappa shape index (κ3) is 1.51. The Kier molecular flexibility index (Phi) is 2.68. The normalized spacial score (nSPS) is 40.6. The van der Waals surface area contributed by atoms with Gasteiger partial charge in [-0.25, -0.2) is 0 Å². The fraction of sp³-hybridized carbons (Fsp3) is 0.778. The van der Waals surface area contributed by atoms with E-state index in [0.29, 0.717) is 12.8 Å². The number of alkyl halides is 1. The van der Waals surface area contributed by atoms with Gasteiger partial charge >= 0.3 is 11.9 Å². The Morgan fingerprint density at radius 3 is 2.93 bits per heavy atom. The van der Waals surface area contributed by atoms with E-state index in [-0.39, 0.29) is 33.8 Å². The van der Waals surface area contributed by atoms with Crippen molar-refractivity contribution in [3.63, 3.8) is 0 Å². The Balaban J connectivity index is 2.18. The summed E-state index contributed by atoms with van der Waals surface area (Å²) in [5.74, 6) is -1.08. The summed E-state index contributed by atoms with van der Waals surface area (Å²) in [5.41, 5.74) is 0. The number of carbonyl (C=O) groups is 2. The Morgan fingerprint density at radius 1 is 1.57 bits per heavy atom. The first kappa shape index (κ1) is 10.2. The second-order valence-corrected chi connectivity index (χ2v) is 5.30. The third-order valence-electron chi connectivity index (χ3n) is 2.93. The summed E-state index contributed by atoms with van der Waals surface area (Å²) >= 11 is 2.24. The maximum absolute atomic E-state index is 11.4. The zero-order valence-corrected chi connectivity index (χ0v) is 9.89. The van der Waals surface area contributed by atoms with Gasteiger partial charge in [0.05, 0.1) is 18.9 Å². The molecule has 5 heteroatoms. The van der Waals surface area contributed by atoms with Gasteiger partial charge in [0.1, 0.15) is 6.10 Å².